The van der Waals surface area contributed by atoms with Gasteiger partial charge in [0.1, 0.15) is 11.4 Å². The molecule has 0 aliphatic rings. The molecule has 0 saturated heterocycles. The van der Waals surface area contributed by atoms with Crippen molar-refractivity contribution in [2.75, 3.05) is 5.43 Å². The van der Waals surface area contributed by atoms with Gasteiger partial charge in [0.15, 0.2) is 0 Å². The molecule has 0 radical (unpaired) electrons. The number of carboxylic acid groups (broad SMARTS) is 1. The van der Waals surface area contributed by atoms with Gasteiger partial charge in [-0.3, -0.25) is 5.43 Å². The fourth-order valence-electron chi connectivity index (χ4n) is 2.32. The number of benzene rings is 2. The minimum absolute atomic E-state index is 0.0602. The van der Waals surface area contributed by atoms with E-state index in [0.29, 0.717) is 26.4 Å². The molecule has 10 heteroatoms. The Labute approximate surface area is 173 Å². The Morgan fingerprint density at radius 2 is 1.96 bits per heavy atom. The predicted octanol–water partition coefficient (Wildman–Crippen LogP) is 5.61. The molecule has 0 amide bonds. The summed E-state index contributed by atoms with van der Waals surface area (Å²) in [6, 6.07) is 11.6. The number of carboxylic acids is 1. The number of halogens is 2. The van der Waals surface area contributed by atoms with Gasteiger partial charge in [-0.15, -0.1) is 16.2 Å². The summed E-state index contributed by atoms with van der Waals surface area (Å²) in [5.41, 5.74) is 4.53. The summed E-state index contributed by atoms with van der Waals surface area (Å²) in [5, 5.41) is 19.3. The number of carbonyl (C=O) groups is 1. The highest BCUT2D eigenvalue weighted by molar-refractivity contribution is 7.14. The van der Waals surface area contributed by atoms with E-state index in [9.17, 15) is 14.8 Å². The standard InChI is InChI=1S/C18H12Cl2N4O3S/c19-12-6-5-11(7-13(12)20)16-9-28-18(21-16)23-22-15(17(25)26)8-10-3-1-2-4-14(10)24-27/h1-7,9H,8H2,(H,21,23)(H,25,26)/b22-15+. The van der Waals surface area contributed by atoms with E-state index in [1.807, 2.05) is 0 Å². The second kappa shape index (κ2) is 8.92. The maximum Gasteiger partial charge on any atom is 0.352 e. The maximum absolute atomic E-state index is 11.5. The van der Waals surface area contributed by atoms with E-state index in [-0.39, 0.29) is 17.8 Å². The molecule has 0 atom stereocenters. The summed E-state index contributed by atoms with van der Waals surface area (Å²) in [4.78, 5) is 26.7. The zero-order chi connectivity index (χ0) is 20.1. The lowest BCUT2D eigenvalue weighted by Crippen LogP contribution is -2.17. The molecule has 7 nitrogen and oxygen atoms in total. The Morgan fingerprint density at radius 3 is 2.68 bits per heavy atom. The van der Waals surface area contributed by atoms with Crippen molar-refractivity contribution in [1.29, 1.82) is 0 Å². The molecule has 3 rings (SSSR count). The second-order valence-corrected chi connectivity index (χ2v) is 7.21. The zero-order valence-corrected chi connectivity index (χ0v) is 16.4. The molecule has 0 fully saturated rings. The molecule has 142 valence electrons. The maximum atomic E-state index is 11.5. The van der Waals surface area contributed by atoms with Gasteiger partial charge in [-0.25, -0.2) is 9.78 Å². The number of nitrogens with one attached hydrogen (secondary N) is 1. The van der Waals surface area contributed by atoms with E-state index >= 15 is 0 Å². The molecule has 2 N–H and O–H groups in total. The number of hydrogen-bond donors (Lipinski definition) is 2. The molecule has 28 heavy (non-hydrogen) atoms. The van der Waals surface area contributed by atoms with Crippen LogP contribution in [-0.4, -0.2) is 21.8 Å². The largest absolute Gasteiger partial charge is 0.477 e. The Morgan fingerprint density at radius 1 is 1.18 bits per heavy atom. The van der Waals surface area contributed by atoms with Gasteiger partial charge in [-0.1, -0.05) is 47.5 Å². The van der Waals surface area contributed by atoms with Crippen molar-refractivity contribution in [3.05, 3.63) is 68.4 Å². The number of aromatic nitrogens is 1. The first-order valence-corrected chi connectivity index (χ1v) is 9.49. The van der Waals surface area contributed by atoms with Gasteiger partial charge in [-0.2, -0.15) is 5.10 Å². The number of aliphatic carboxylic acids is 1. The summed E-state index contributed by atoms with van der Waals surface area (Å²) in [5.74, 6) is -1.21. The van der Waals surface area contributed by atoms with Crippen molar-refractivity contribution >= 4 is 57.0 Å². The van der Waals surface area contributed by atoms with Gasteiger partial charge in [0.25, 0.3) is 0 Å². The van der Waals surface area contributed by atoms with Crippen LogP contribution >= 0.6 is 34.5 Å². The first kappa shape index (κ1) is 19.9. The highest BCUT2D eigenvalue weighted by atomic mass is 35.5. The SMILES string of the molecule is O=Nc1ccccc1C/C(=N\Nc1nc(-c2ccc(Cl)c(Cl)c2)cs1)C(=O)O. The van der Waals surface area contributed by atoms with Crippen molar-refractivity contribution in [2.45, 2.75) is 6.42 Å². The average Bonchev–Trinajstić information content (AvgIpc) is 3.16. The molecule has 0 unspecified atom stereocenters. The molecule has 0 bridgehead atoms. The third-order valence-corrected chi connectivity index (χ3v) is 5.19. The zero-order valence-electron chi connectivity index (χ0n) is 14.1. The Bertz CT molecular complexity index is 1070. The minimum Gasteiger partial charge on any atom is -0.477 e. The highest BCUT2D eigenvalue weighted by Gasteiger charge is 2.14. The van der Waals surface area contributed by atoms with Gasteiger partial charge in [0, 0.05) is 17.4 Å². The van der Waals surface area contributed by atoms with Gasteiger partial charge in [0.2, 0.25) is 5.13 Å². The van der Waals surface area contributed by atoms with Crippen LogP contribution in [0, 0.1) is 4.91 Å². The summed E-state index contributed by atoms with van der Waals surface area (Å²) in [7, 11) is 0. The number of nitroso groups, excluding NO2 is 1. The first-order chi connectivity index (χ1) is 13.5. The number of hydrogen-bond acceptors (Lipinski definition) is 7. The normalized spacial score (nSPS) is 11.3. The molecule has 1 heterocycles. The topological polar surface area (TPSA) is 104 Å². The van der Waals surface area contributed by atoms with Crippen LogP contribution in [0.4, 0.5) is 10.8 Å². The van der Waals surface area contributed by atoms with Crippen LogP contribution < -0.4 is 5.43 Å². The van der Waals surface area contributed by atoms with Crippen molar-refractivity contribution in [3.63, 3.8) is 0 Å². The molecular weight excluding hydrogens is 423 g/mol. The fourth-order valence-corrected chi connectivity index (χ4v) is 3.28. The molecule has 0 aliphatic heterocycles. The minimum atomic E-state index is -1.21. The number of anilines is 1. The van der Waals surface area contributed by atoms with Crippen LogP contribution in [0.25, 0.3) is 11.3 Å². The molecule has 2 aromatic carbocycles. The number of rotatable bonds is 7. The van der Waals surface area contributed by atoms with Crippen molar-refractivity contribution in [1.82, 2.24) is 4.98 Å². The van der Waals surface area contributed by atoms with Gasteiger partial charge < -0.3 is 5.11 Å². The smallest absolute Gasteiger partial charge is 0.352 e. The van der Waals surface area contributed by atoms with E-state index in [1.165, 1.54) is 17.4 Å². The predicted molar refractivity (Wildman–Crippen MR) is 112 cm³/mol. The Kier molecular flexibility index (Phi) is 6.35. The number of nitrogens with zero attached hydrogens (tertiary/aromatic N) is 3. The highest BCUT2D eigenvalue weighted by Crippen LogP contribution is 2.30. The van der Waals surface area contributed by atoms with Crippen LogP contribution in [-0.2, 0) is 11.2 Å². The van der Waals surface area contributed by atoms with Crippen LogP contribution in [0.1, 0.15) is 5.56 Å². The molecule has 0 spiro atoms. The summed E-state index contributed by atoms with van der Waals surface area (Å²) in [6.45, 7) is 0. The molecule has 3 aromatic rings. The van der Waals surface area contributed by atoms with Crippen LogP contribution in [0.5, 0.6) is 0 Å². The summed E-state index contributed by atoms with van der Waals surface area (Å²) < 4.78 is 0. The number of thiazole rings is 1. The van der Waals surface area contributed by atoms with E-state index in [1.54, 1.807) is 41.8 Å². The monoisotopic (exact) mass is 434 g/mol. The Hall–Kier alpha value is -2.81. The van der Waals surface area contributed by atoms with Gasteiger partial charge in [0.05, 0.1) is 15.7 Å². The third kappa shape index (κ3) is 4.72. The fraction of sp³-hybridized carbons (Fsp3) is 0.0556. The summed E-state index contributed by atoms with van der Waals surface area (Å²) in [6.07, 6.45) is -0.0602. The van der Waals surface area contributed by atoms with Gasteiger partial charge >= 0.3 is 5.97 Å². The van der Waals surface area contributed by atoms with Crippen LogP contribution in [0.15, 0.2) is 58.1 Å². The quantitative estimate of drug-likeness (QED) is 0.285. The van der Waals surface area contributed by atoms with Crippen molar-refractivity contribution in [3.8, 4) is 11.3 Å². The second-order valence-electron chi connectivity index (χ2n) is 5.54. The van der Waals surface area contributed by atoms with E-state index in [2.05, 4.69) is 20.7 Å². The van der Waals surface area contributed by atoms with Crippen LogP contribution in [0.3, 0.4) is 0 Å². The van der Waals surface area contributed by atoms with Gasteiger partial charge in [-0.05, 0) is 28.9 Å². The Balaban J connectivity index is 1.78. The molecule has 0 aliphatic carbocycles. The molecular formula is C18H12Cl2N4O3S. The van der Waals surface area contributed by atoms with E-state index in [4.69, 9.17) is 23.2 Å². The van der Waals surface area contributed by atoms with E-state index in [0.717, 1.165) is 5.56 Å². The average molecular weight is 435 g/mol. The molecule has 1 aromatic heterocycles. The van der Waals surface area contributed by atoms with E-state index < -0.39 is 5.97 Å². The summed E-state index contributed by atoms with van der Waals surface area (Å²) >= 11 is 13.2. The van der Waals surface area contributed by atoms with Crippen LogP contribution in [0.2, 0.25) is 10.0 Å². The molecule has 0 saturated carbocycles. The first-order valence-electron chi connectivity index (χ1n) is 7.86. The lowest BCUT2D eigenvalue weighted by atomic mass is 10.1. The van der Waals surface area contributed by atoms with Crippen molar-refractivity contribution < 1.29 is 9.90 Å². The van der Waals surface area contributed by atoms with Crippen molar-refractivity contribution in [2.24, 2.45) is 10.3 Å². The number of hydrazone groups is 1. The third-order valence-electron chi connectivity index (χ3n) is 3.70. The lowest BCUT2D eigenvalue weighted by molar-refractivity contribution is -0.129. The lowest BCUT2D eigenvalue weighted by Gasteiger charge is -2.04.